The van der Waals surface area contributed by atoms with Gasteiger partial charge in [-0.15, -0.1) is 0 Å². The first-order chi connectivity index (χ1) is 10.9. The summed E-state index contributed by atoms with van der Waals surface area (Å²) in [5.41, 5.74) is 3.90. The van der Waals surface area contributed by atoms with Crippen LogP contribution in [0, 0.1) is 0 Å². The molecule has 0 fully saturated rings. The third-order valence-electron chi connectivity index (χ3n) is 3.68. The van der Waals surface area contributed by atoms with Gasteiger partial charge in [0.2, 0.25) is 0 Å². The molecule has 2 aromatic rings. The lowest BCUT2D eigenvalue weighted by molar-refractivity contribution is 0.602. The summed E-state index contributed by atoms with van der Waals surface area (Å²) in [5, 5.41) is 0. The van der Waals surface area contributed by atoms with E-state index in [1.54, 1.807) is 24.3 Å². The first kappa shape index (κ1) is 15.3. The van der Waals surface area contributed by atoms with Crippen molar-refractivity contribution in [2.24, 2.45) is 0 Å². The van der Waals surface area contributed by atoms with Crippen molar-refractivity contribution in [1.29, 1.82) is 0 Å². The van der Waals surface area contributed by atoms with Crippen molar-refractivity contribution < 1.29 is 8.42 Å². The molecule has 1 aliphatic rings. The SMILES string of the molecule is C=C1C=CC(c2ccccc2)=CN1c1ccc(S(C)(=O)=O)cc1. The van der Waals surface area contributed by atoms with Crippen molar-refractivity contribution >= 4 is 21.1 Å². The predicted octanol–water partition coefficient (Wildman–Crippen LogP) is 4.02. The monoisotopic (exact) mass is 323 g/mol. The van der Waals surface area contributed by atoms with Gasteiger partial charge in [-0.3, -0.25) is 0 Å². The molecule has 4 heteroatoms. The summed E-state index contributed by atoms with van der Waals surface area (Å²) in [6, 6.07) is 16.9. The molecule has 0 aromatic heterocycles. The minimum Gasteiger partial charge on any atom is -0.317 e. The highest BCUT2D eigenvalue weighted by Gasteiger charge is 2.13. The highest BCUT2D eigenvalue weighted by molar-refractivity contribution is 7.90. The van der Waals surface area contributed by atoms with Gasteiger partial charge in [0, 0.05) is 23.8 Å². The summed E-state index contributed by atoms with van der Waals surface area (Å²) >= 11 is 0. The van der Waals surface area contributed by atoms with Crippen molar-refractivity contribution in [3.63, 3.8) is 0 Å². The summed E-state index contributed by atoms with van der Waals surface area (Å²) in [4.78, 5) is 2.26. The molecule has 0 spiro atoms. The minimum absolute atomic E-state index is 0.312. The fraction of sp³-hybridized carbons (Fsp3) is 0.0526. The van der Waals surface area contributed by atoms with Crippen molar-refractivity contribution in [2.75, 3.05) is 11.2 Å². The summed E-state index contributed by atoms with van der Waals surface area (Å²) < 4.78 is 23.1. The van der Waals surface area contributed by atoms with E-state index in [0.717, 1.165) is 22.5 Å². The molecule has 1 aliphatic heterocycles. The average Bonchev–Trinajstić information content (AvgIpc) is 2.55. The molecule has 116 valence electrons. The van der Waals surface area contributed by atoms with Crippen LogP contribution < -0.4 is 4.90 Å². The molecule has 0 saturated heterocycles. The zero-order valence-corrected chi connectivity index (χ0v) is 13.6. The molecule has 0 bridgehead atoms. The van der Waals surface area contributed by atoms with E-state index in [1.165, 1.54) is 6.26 Å². The second kappa shape index (κ2) is 5.89. The van der Waals surface area contributed by atoms with Gasteiger partial charge < -0.3 is 4.90 Å². The maximum atomic E-state index is 11.6. The van der Waals surface area contributed by atoms with Gasteiger partial charge in [-0.1, -0.05) is 43.0 Å². The topological polar surface area (TPSA) is 37.4 Å². The average molecular weight is 323 g/mol. The Labute approximate surface area is 136 Å². The summed E-state index contributed by atoms with van der Waals surface area (Å²) in [6.45, 7) is 4.05. The molecule has 1 heterocycles. The molecule has 0 radical (unpaired) electrons. The van der Waals surface area contributed by atoms with Gasteiger partial charge in [-0.25, -0.2) is 8.42 Å². The lowest BCUT2D eigenvalue weighted by Crippen LogP contribution is -2.16. The van der Waals surface area contributed by atoms with Crippen LogP contribution in [0.3, 0.4) is 0 Å². The number of benzene rings is 2. The Hall–Kier alpha value is -2.59. The highest BCUT2D eigenvalue weighted by Crippen LogP contribution is 2.29. The standard InChI is InChI=1S/C19H17NO2S/c1-15-8-9-17(16-6-4-3-5-7-16)14-20(15)18-10-12-19(13-11-18)23(2,21)22/h3-14H,1H2,2H3. The van der Waals surface area contributed by atoms with E-state index in [4.69, 9.17) is 0 Å². The number of anilines is 1. The Kier molecular flexibility index (Phi) is 3.92. The van der Waals surface area contributed by atoms with E-state index in [1.807, 2.05) is 41.5 Å². The number of sulfone groups is 1. The van der Waals surface area contributed by atoms with Gasteiger partial charge >= 0.3 is 0 Å². The predicted molar refractivity (Wildman–Crippen MR) is 94.7 cm³/mol. The molecule has 0 amide bonds. The van der Waals surface area contributed by atoms with Gasteiger partial charge in [-0.05, 0) is 41.5 Å². The van der Waals surface area contributed by atoms with Crippen LogP contribution in [0.25, 0.3) is 5.57 Å². The summed E-state index contributed by atoms with van der Waals surface area (Å²) in [7, 11) is -3.19. The van der Waals surface area contributed by atoms with Gasteiger partial charge in [0.1, 0.15) is 0 Å². The van der Waals surface area contributed by atoms with Crippen LogP contribution in [0.1, 0.15) is 5.56 Å². The quantitative estimate of drug-likeness (QED) is 0.856. The number of rotatable bonds is 3. The Bertz CT molecular complexity index is 892. The molecule has 0 aliphatic carbocycles. The van der Waals surface area contributed by atoms with Gasteiger partial charge in [0.15, 0.2) is 9.84 Å². The van der Waals surface area contributed by atoms with Crippen molar-refractivity contribution in [1.82, 2.24) is 0 Å². The van der Waals surface area contributed by atoms with Gasteiger partial charge in [-0.2, -0.15) is 0 Å². The number of hydrogen-bond donors (Lipinski definition) is 0. The number of hydrogen-bond acceptors (Lipinski definition) is 3. The van der Waals surface area contributed by atoms with Gasteiger partial charge in [0.05, 0.1) is 4.90 Å². The minimum atomic E-state index is -3.19. The first-order valence-corrected chi connectivity index (χ1v) is 9.08. The lowest BCUT2D eigenvalue weighted by Gasteiger charge is -2.25. The molecule has 0 saturated carbocycles. The normalized spacial score (nSPS) is 14.7. The summed E-state index contributed by atoms with van der Waals surface area (Å²) in [6.07, 6.45) is 7.19. The number of nitrogens with zero attached hydrogens (tertiary/aromatic N) is 1. The fourth-order valence-corrected chi connectivity index (χ4v) is 3.06. The number of allylic oxidation sites excluding steroid dienone is 3. The zero-order chi connectivity index (χ0) is 16.4. The van der Waals surface area contributed by atoms with Crippen molar-refractivity contribution in [3.8, 4) is 0 Å². The molecule has 23 heavy (non-hydrogen) atoms. The van der Waals surface area contributed by atoms with Crippen molar-refractivity contribution in [2.45, 2.75) is 4.90 Å². The highest BCUT2D eigenvalue weighted by atomic mass is 32.2. The largest absolute Gasteiger partial charge is 0.317 e. The maximum absolute atomic E-state index is 11.6. The van der Waals surface area contributed by atoms with E-state index in [0.29, 0.717) is 4.90 Å². The molecule has 0 atom stereocenters. The Balaban J connectivity index is 1.97. The van der Waals surface area contributed by atoms with Crippen LogP contribution in [-0.4, -0.2) is 14.7 Å². The lowest BCUT2D eigenvalue weighted by atomic mass is 10.0. The second-order valence-electron chi connectivity index (χ2n) is 5.41. The summed E-state index contributed by atoms with van der Waals surface area (Å²) in [5.74, 6) is 0. The van der Waals surface area contributed by atoms with Crippen LogP contribution in [0.4, 0.5) is 5.69 Å². The molecular formula is C19H17NO2S. The first-order valence-electron chi connectivity index (χ1n) is 7.19. The zero-order valence-electron chi connectivity index (χ0n) is 12.8. The molecule has 0 unspecified atom stereocenters. The Morgan fingerprint density at radius 2 is 1.57 bits per heavy atom. The molecule has 0 N–H and O–H groups in total. The van der Waals surface area contributed by atoms with Crippen LogP contribution in [0.15, 0.2) is 90.1 Å². The van der Waals surface area contributed by atoms with E-state index in [-0.39, 0.29) is 0 Å². The van der Waals surface area contributed by atoms with E-state index in [2.05, 4.69) is 18.7 Å². The Morgan fingerprint density at radius 1 is 0.913 bits per heavy atom. The van der Waals surface area contributed by atoms with Crippen LogP contribution in [-0.2, 0) is 9.84 Å². The van der Waals surface area contributed by atoms with Gasteiger partial charge in [0.25, 0.3) is 0 Å². The smallest absolute Gasteiger partial charge is 0.175 e. The molecular weight excluding hydrogens is 306 g/mol. The van der Waals surface area contributed by atoms with E-state index >= 15 is 0 Å². The fourth-order valence-electron chi connectivity index (χ4n) is 2.43. The molecule has 3 nitrogen and oxygen atoms in total. The third kappa shape index (κ3) is 3.27. The van der Waals surface area contributed by atoms with E-state index in [9.17, 15) is 8.42 Å². The molecule has 2 aromatic carbocycles. The second-order valence-corrected chi connectivity index (χ2v) is 7.43. The third-order valence-corrected chi connectivity index (χ3v) is 4.81. The van der Waals surface area contributed by atoms with Crippen molar-refractivity contribution in [3.05, 3.63) is 90.8 Å². The van der Waals surface area contributed by atoms with E-state index < -0.39 is 9.84 Å². The molecule has 3 rings (SSSR count). The van der Waals surface area contributed by atoms with Crippen LogP contribution in [0.5, 0.6) is 0 Å². The maximum Gasteiger partial charge on any atom is 0.175 e. The van der Waals surface area contributed by atoms with Crippen LogP contribution in [0.2, 0.25) is 0 Å². The van der Waals surface area contributed by atoms with Crippen LogP contribution >= 0.6 is 0 Å². The Morgan fingerprint density at radius 3 is 2.17 bits per heavy atom.